The standard InChI is InChI=1S/C2H5NO2.Mg.2H/c1-3-2(4)5;;;/h3H,1H3,(H,4,5);;;. The third-order valence-corrected chi connectivity index (χ3v) is 0.214. The van der Waals surface area contributed by atoms with Crippen molar-refractivity contribution in [1.82, 2.24) is 5.32 Å². The Morgan fingerprint density at radius 2 is 2.00 bits per heavy atom. The first-order valence-electron chi connectivity index (χ1n) is 1.18. The van der Waals surface area contributed by atoms with Crippen molar-refractivity contribution in [3.63, 3.8) is 0 Å². The highest BCUT2D eigenvalue weighted by Crippen LogP contribution is 1.45. The first-order chi connectivity index (χ1) is 2.27. The topological polar surface area (TPSA) is 49.3 Å². The summed E-state index contributed by atoms with van der Waals surface area (Å²) in [6.45, 7) is 0. The molecule has 0 aromatic rings. The molecule has 6 heavy (non-hydrogen) atoms. The average Bonchev–Trinajstić information content (AvgIpc) is 1.38. The third-order valence-electron chi connectivity index (χ3n) is 0.214. The van der Waals surface area contributed by atoms with Gasteiger partial charge in [0.1, 0.15) is 0 Å². The molecule has 0 saturated carbocycles. The summed E-state index contributed by atoms with van der Waals surface area (Å²) in [4.78, 5) is 9.26. The monoisotopic (exact) mass is 101 g/mol. The summed E-state index contributed by atoms with van der Waals surface area (Å²) in [5.41, 5.74) is 0. The molecular formula is C2H7MgNO2. The van der Waals surface area contributed by atoms with E-state index in [9.17, 15) is 4.79 Å². The average molecular weight is 101 g/mol. The summed E-state index contributed by atoms with van der Waals surface area (Å²) in [5.74, 6) is 0. The maximum absolute atomic E-state index is 9.26. The molecule has 2 N–H and O–H groups in total. The van der Waals surface area contributed by atoms with E-state index in [0.717, 1.165) is 0 Å². The van der Waals surface area contributed by atoms with Gasteiger partial charge in [-0.3, -0.25) is 0 Å². The van der Waals surface area contributed by atoms with Crippen molar-refractivity contribution in [1.29, 1.82) is 0 Å². The smallest absolute Gasteiger partial charge is 0.404 e. The molecule has 0 aromatic carbocycles. The van der Waals surface area contributed by atoms with E-state index in [1.807, 2.05) is 5.32 Å². The molecule has 0 spiro atoms. The van der Waals surface area contributed by atoms with Gasteiger partial charge >= 0.3 is 29.1 Å². The second-order valence-corrected chi connectivity index (χ2v) is 0.555. The number of carbonyl (C=O) groups is 1. The molecule has 0 unspecified atom stereocenters. The largest absolute Gasteiger partial charge is 0.465 e. The zero-order chi connectivity index (χ0) is 4.28. The van der Waals surface area contributed by atoms with Gasteiger partial charge in [0.2, 0.25) is 0 Å². The van der Waals surface area contributed by atoms with Gasteiger partial charge in [0.25, 0.3) is 0 Å². The zero-order valence-electron chi connectivity index (χ0n) is 2.86. The first-order valence-corrected chi connectivity index (χ1v) is 1.18. The van der Waals surface area contributed by atoms with Crippen molar-refractivity contribution in [2.75, 3.05) is 7.05 Å². The minimum Gasteiger partial charge on any atom is -0.465 e. The minimum atomic E-state index is -0.995. The van der Waals surface area contributed by atoms with Crippen LogP contribution in [0.15, 0.2) is 0 Å². The molecular weight excluding hydrogens is 94.3 g/mol. The molecule has 0 bridgehead atoms. The lowest BCUT2D eigenvalue weighted by atomic mass is 11.1. The Balaban J connectivity index is 0. The van der Waals surface area contributed by atoms with Crippen LogP contribution in [0, 0.1) is 0 Å². The molecule has 0 aliphatic heterocycles. The Labute approximate surface area is 51.9 Å². The Morgan fingerprint density at radius 1 is 1.83 bits per heavy atom. The summed E-state index contributed by atoms with van der Waals surface area (Å²) in [7, 11) is 1.35. The fourth-order valence-electron chi connectivity index (χ4n) is 0. The van der Waals surface area contributed by atoms with Gasteiger partial charge in [-0.05, 0) is 0 Å². The van der Waals surface area contributed by atoms with E-state index in [2.05, 4.69) is 0 Å². The molecule has 0 radical (unpaired) electrons. The molecule has 0 saturated heterocycles. The fourth-order valence-corrected chi connectivity index (χ4v) is 0. The Kier molecular flexibility index (Phi) is 7.89. The predicted octanol–water partition coefficient (Wildman–Crippen LogP) is -1.03. The molecule has 0 atom stereocenters. The van der Waals surface area contributed by atoms with E-state index in [4.69, 9.17) is 5.11 Å². The van der Waals surface area contributed by atoms with Gasteiger partial charge in [0, 0.05) is 7.05 Å². The lowest BCUT2D eigenvalue weighted by Gasteiger charge is -1.78. The fraction of sp³-hybridized carbons (Fsp3) is 0.500. The second-order valence-electron chi connectivity index (χ2n) is 0.555. The maximum atomic E-state index is 9.26. The van der Waals surface area contributed by atoms with Gasteiger partial charge in [0.15, 0.2) is 0 Å². The van der Waals surface area contributed by atoms with Crippen LogP contribution in [0.25, 0.3) is 0 Å². The van der Waals surface area contributed by atoms with Crippen LogP contribution in [0.2, 0.25) is 0 Å². The van der Waals surface area contributed by atoms with Crippen molar-refractivity contribution in [3.05, 3.63) is 0 Å². The molecule has 1 amide bonds. The summed E-state index contributed by atoms with van der Waals surface area (Å²) < 4.78 is 0. The van der Waals surface area contributed by atoms with Crippen LogP contribution in [0.3, 0.4) is 0 Å². The van der Waals surface area contributed by atoms with Crippen molar-refractivity contribution < 1.29 is 9.90 Å². The van der Waals surface area contributed by atoms with E-state index in [-0.39, 0.29) is 23.1 Å². The highest BCUT2D eigenvalue weighted by atomic mass is 24.3. The van der Waals surface area contributed by atoms with Gasteiger partial charge in [0.05, 0.1) is 0 Å². The van der Waals surface area contributed by atoms with Crippen LogP contribution in [0.4, 0.5) is 4.79 Å². The SMILES string of the molecule is CNC(=O)O.[MgH2]. The normalized spacial score (nSPS) is 5.50. The summed E-state index contributed by atoms with van der Waals surface area (Å²) in [6.07, 6.45) is -0.995. The van der Waals surface area contributed by atoms with Crippen LogP contribution >= 0.6 is 0 Å². The molecule has 0 aliphatic rings. The lowest BCUT2D eigenvalue weighted by molar-refractivity contribution is 0.197. The molecule has 0 aliphatic carbocycles. The third kappa shape index (κ3) is 8.97. The van der Waals surface area contributed by atoms with Crippen LogP contribution in [-0.2, 0) is 0 Å². The predicted molar refractivity (Wildman–Crippen MR) is 25.6 cm³/mol. The van der Waals surface area contributed by atoms with E-state index in [0.29, 0.717) is 0 Å². The zero-order valence-corrected chi connectivity index (χ0v) is 2.86. The van der Waals surface area contributed by atoms with Gasteiger partial charge in [-0.25, -0.2) is 4.79 Å². The lowest BCUT2D eigenvalue weighted by Crippen LogP contribution is -2.13. The Hall–Kier alpha value is 0.0362. The number of amides is 1. The van der Waals surface area contributed by atoms with Crippen molar-refractivity contribution >= 4 is 29.1 Å². The summed E-state index contributed by atoms with van der Waals surface area (Å²) in [5, 5.41) is 9.56. The Bertz CT molecular complexity index is 46.8. The number of hydrogen-bond donors (Lipinski definition) is 2. The molecule has 4 heteroatoms. The first kappa shape index (κ1) is 9.40. The number of hydrogen-bond acceptors (Lipinski definition) is 1. The van der Waals surface area contributed by atoms with Gasteiger partial charge in [-0.2, -0.15) is 0 Å². The number of nitrogens with one attached hydrogen (secondary N) is 1. The van der Waals surface area contributed by atoms with Crippen LogP contribution < -0.4 is 5.32 Å². The van der Waals surface area contributed by atoms with E-state index in [1.165, 1.54) is 7.05 Å². The number of rotatable bonds is 0. The van der Waals surface area contributed by atoms with Crippen LogP contribution in [0.1, 0.15) is 0 Å². The molecule has 0 aromatic heterocycles. The van der Waals surface area contributed by atoms with Gasteiger partial charge < -0.3 is 10.4 Å². The summed E-state index contributed by atoms with van der Waals surface area (Å²) >= 11 is 0. The molecule has 3 nitrogen and oxygen atoms in total. The molecule has 0 rings (SSSR count). The van der Waals surface area contributed by atoms with Gasteiger partial charge in [-0.1, -0.05) is 0 Å². The van der Waals surface area contributed by atoms with E-state index in [1.54, 1.807) is 0 Å². The second kappa shape index (κ2) is 5.04. The maximum Gasteiger partial charge on any atom is 0.404 e. The number of carboxylic acid groups (broad SMARTS) is 1. The minimum absolute atomic E-state index is 0. The van der Waals surface area contributed by atoms with E-state index >= 15 is 0 Å². The van der Waals surface area contributed by atoms with Crippen LogP contribution in [-0.4, -0.2) is 41.3 Å². The Morgan fingerprint density at radius 3 is 2.00 bits per heavy atom. The van der Waals surface area contributed by atoms with Crippen LogP contribution in [0.5, 0.6) is 0 Å². The van der Waals surface area contributed by atoms with E-state index < -0.39 is 6.09 Å². The molecule has 0 fully saturated rings. The van der Waals surface area contributed by atoms with Crippen molar-refractivity contribution in [2.24, 2.45) is 0 Å². The quantitative estimate of drug-likeness (QED) is 0.383. The van der Waals surface area contributed by atoms with Gasteiger partial charge in [-0.15, -0.1) is 0 Å². The summed E-state index contributed by atoms with van der Waals surface area (Å²) in [6, 6.07) is 0. The molecule has 0 heterocycles. The highest BCUT2D eigenvalue weighted by molar-refractivity contribution is 5.75. The van der Waals surface area contributed by atoms with Crippen molar-refractivity contribution in [3.8, 4) is 0 Å². The highest BCUT2D eigenvalue weighted by Gasteiger charge is 1.76. The molecule has 34 valence electrons. The van der Waals surface area contributed by atoms with Crippen molar-refractivity contribution in [2.45, 2.75) is 0 Å².